The van der Waals surface area contributed by atoms with Crippen LogP contribution in [0.5, 0.6) is 0 Å². The van der Waals surface area contributed by atoms with Crippen LogP contribution in [0, 0.1) is 0 Å². The van der Waals surface area contributed by atoms with E-state index >= 15 is 0 Å². The minimum atomic E-state index is -3.88. The van der Waals surface area contributed by atoms with Crippen LogP contribution in [0.4, 0.5) is 24.6 Å². The minimum absolute atomic E-state index is 0. The standard InChI is InChI=1S/6Cu.6FO2Si/c;;;;;;6*1-4(2)3/q6*+1;6*-1. The van der Waals surface area contributed by atoms with Gasteiger partial charge in [-0.05, 0) is 0 Å². The smallest absolute Gasteiger partial charge is 0.560 e. The van der Waals surface area contributed by atoms with Crippen molar-refractivity contribution < 1.29 is 183 Å². The molecule has 0 aliphatic carbocycles. The van der Waals surface area contributed by atoms with Crippen LogP contribution in [0.1, 0.15) is 0 Å². The van der Waals surface area contributed by atoms with E-state index in [1.807, 2.05) is 0 Å². The summed E-state index contributed by atoms with van der Waals surface area (Å²) in [6.45, 7) is 0. The van der Waals surface area contributed by atoms with Crippen LogP contribution < -0.4 is 28.8 Å². The van der Waals surface area contributed by atoms with Gasteiger partial charge in [-0.15, -0.1) is 0 Å². The van der Waals surface area contributed by atoms with Gasteiger partial charge in [0.2, 0.25) is 0 Å². The number of rotatable bonds is 0. The van der Waals surface area contributed by atoms with Crippen LogP contribution >= 0.6 is 0 Å². The van der Waals surface area contributed by atoms with E-state index in [2.05, 4.69) is 0 Å². The molecule has 0 amide bonds. The Morgan fingerprint density at radius 3 is 0.300 bits per heavy atom. The van der Waals surface area contributed by atoms with Gasteiger partial charge in [0, 0.05) is 0 Å². The molecule has 12 nitrogen and oxygen atoms in total. The first-order valence-corrected chi connectivity index (χ1v) is 10.8. The molecule has 0 spiro atoms. The van der Waals surface area contributed by atoms with Gasteiger partial charge in [-0.1, -0.05) is 0 Å². The quantitative estimate of drug-likeness (QED) is 0.126. The summed E-state index contributed by atoms with van der Waals surface area (Å²) < 4.78 is 110. The molecule has 204 valence electrons. The van der Waals surface area contributed by atoms with E-state index in [1.54, 1.807) is 0 Å². The third-order valence-electron chi connectivity index (χ3n) is 0. The van der Waals surface area contributed by atoms with Crippen molar-refractivity contribution in [3.8, 4) is 0 Å². The maximum Gasteiger partial charge on any atom is 1.00 e. The number of hydrogen-bond donors (Lipinski definition) is 0. The molecule has 0 aromatic heterocycles. The second-order valence-electron chi connectivity index (χ2n) is 1.43. The molecule has 0 fully saturated rings. The molecule has 0 bridgehead atoms. The molecule has 0 heterocycles. The first-order chi connectivity index (χ1) is 10.4. The fourth-order valence-corrected chi connectivity index (χ4v) is 0. The van der Waals surface area contributed by atoms with Crippen LogP contribution in [0.15, 0.2) is 0 Å². The monoisotopic (exact) mass is 851 g/mol. The second-order valence-corrected chi connectivity index (χ2v) is 4.28. The first-order valence-electron chi connectivity index (χ1n) is 3.58. The zero-order valence-electron chi connectivity index (χ0n) is 12.0. The molecule has 0 radical (unpaired) electrons. The van der Waals surface area contributed by atoms with Crippen LogP contribution in [0.25, 0.3) is 0 Å². The summed E-state index contributed by atoms with van der Waals surface area (Å²) in [6, 6.07) is 0. The van der Waals surface area contributed by atoms with Crippen LogP contribution in [0.3, 0.4) is 0 Å². The predicted octanol–water partition coefficient (Wildman–Crippen LogP) is -7.63. The zero-order chi connectivity index (χ0) is 21.5. The van der Waals surface area contributed by atoms with E-state index in [4.69, 9.17) is 55.5 Å². The molecule has 30 heteroatoms. The van der Waals surface area contributed by atoms with Crippen LogP contribution in [-0.4, -0.2) is 55.6 Å². The van der Waals surface area contributed by atoms with E-state index in [-0.39, 0.29) is 102 Å². The zero-order valence-corrected chi connectivity index (χ0v) is 23.6. The Bertz CT molecular complexity index is 289. The molecule has 0 unspecified atom stereocenters. The molecule has 0 saturated carbocycles. The third-order valence-corrected chi connectivity index (χ3v) is 0. The van der Waals surface area contributed by atoms with Gasteiger partial charge in [-0.3, -0.25) is 24.6 Å². The van der Waals surface area contributed by atoms with Gasteiger partial charge < -0.3 is 55.5 Å². The van der Waals surface area contributed by atoms with E-state index < -0.39 is 55.6 Å². The van der Waals surface area contributed by atoms with Gasteiger partial charge in [0.05, 0.1) is 0 Å². The van der Waals surface area contributed by atoms with E-state index in [9.17, 15) is 24.6 Å². The molecule has 0 N–H and O–H groups in total. The largest absolute Gasteiger partial charge is 1.00 e. The van der Waals surface area contributed by atoms with Gasteiger partial charge in [-0.25, -0.2) is 0 Å². The summed E-state index contributed by atoms with van der Waals surface area (Å²) >= 11 is 0. The second kappa shape index (κ2) is 69.8. The first kappa shape index (κ1) is 77.0. The van der Waals surface area contributed by atoms with Crippen molar-refractivity contribution in [3.05, 3.63) is 0 Å². The van der Waals surface area contributed by atoms with E-state index in [1.165, 1.54) is 0 Å². The third kappa shape index (κ3) is 9480. The Morgan fingerprint density at radius 1 is 0.300 bits per heavy atom. The van der Waals surface area contributed by atoms with Crippen LogP contribution in [-0.2, 0) is 129 Å². The Morgan fingerprint density at radius 2 is 0.300 bits per heavy atom. The number of hydrogen-bond acceptors (Lipinski definition) is 12. The van der Waals surface area contributed by atoms with Crippen molar-refractivity contribution >= 4 is 55.6 Å². The fourth-order valence-electron chi connectivity index (χ4n) is 0. The Hall–Kier alpha value is 1.60. The van der Waals surface area contributed by atoms with Crippen LogP contribution in [0.2, 0.25) is 0 Å². The average Bonchev–Trinajstić information content (AvgIpc) is 2.08. The summed E-state index contributed by atoms with van der Waals surface area (Å²) in [5.74, 6) is 0. The van der Waals surface area contributed by atoms with Crippen molar-refractivity contribution in [1.29, 1.82) is 0 Å². The maximum absolute atomic E-state index is 9.99. The predicted molar refractivity (Wildman–Crippen MR) is 45.3 cm³/mol. The molecule has 0 saturated heterocycles. The maximum atomic E-state index is 9.99. The molecule has 30 heavy (non-hydrogen) atoms. The summed E-state index contributed by atoms with van der Waals surface area (Å²) in [7, 11) is -23.3. The summed E-state index contributed by atoms with van der Waals surface area (Å²) in [6.07, 6.45) is 0. The fraction of sp³-hybridized carbons (Fsp3) is 0. The van der Waals surface area contributed by atoms with Crippen molar-refractivity contribution in [2.45, 2.75) is 0 Å². The molecule has 0 aromatic carbocycles. The Labute approximate surface area is 236 Å². The van der Waals surface area contributed by atoms with Crippen molar-refractivity contribution in [1.82, 2.24) is 0 Å². The van der Waals surface area contributed by atoms with E-state index in [0.717, 1.165) is 0 Å². The summed E-state index contributed by atoms with van der Waals surface area (Å²) in [5, 5.41) is 0. The topological polar surface area (TPSA) is 241 Å². The molecule has 0 aliphatic rings. The SMILES string of the molecule is O=[Si]([O-])F.O=[Si]([O-])F.O=[Si]([O-])F.O=[Si]([O-])F.O=[Si]([O-])F.O=[Si]([O-])F.[Cu+].[Cu+].[Cu+].[Cu+].[Cu+].[Cu+]. The minimum Gasteiger partial charge on any atom is -0.560 e. The normalized spacial score (nSPS) is 5.00. The molecular formula is Cu6F6O12Si6. The van der Waals surface area contributed by atoms with Crippen molar-refractivity contribution in [2.24, 2.45) is 0 Å². The number of halogens is 6. The van der Waals surface area contributed by atoms with Gasteiger partial charge in [0.1, 0.15) is 0 Å². The van der Waals surface area contributed by atoms with E-state index in [0.29, 0.717) is 0 Å². The molecular weight excluding hydrogens is 856 g/mol. The van der Waals surface area contributed by atoms with Gasteiger partial charge in [-0.2, -0.15) is 0 Å². The van der Waals surface area contributed by atoms with Crippen molar-refractivity contribution in [2.75, 3.05) is 0 Å². The Balaban J connectivity index is -0.0000000125. The average molecular weight is 856 g/mol. The molecule has 0 rings (SSSR count). The van der Waals surface area contributed by atoms with Gasteiger partial charge in [0.15, 0.2) is 0 Å². The molecule has 0 aliphatic heterocycles. The molecule has 0 aromatic rings. The van der Waals surface area contributed by atoms with Gasteiger partial charge in [0.25, 0.3) is 0 Å². The van der Waals surface area contributed by atoms with Gasteiger partial charge >= 0.3 is 158 Å². The van der Waals surface area contributed by atoms with Crippen molar-refractivity contribution in [3.63, 3.8) is 0 Å². The Kier molecular flexibility index (Phi) is 179. The summed E-state index contributed by atoms with van der Waals surface area (Å²) in [4.78, 5) is 50.4. The molecule has 0 atom stereocenters. The summed E-state index contributed by atoms with van der Waals surface area (Å²) in [5.41, 5.74) is 0.